The minimum Gasteiger partial charge on any atom is -0.497 e. The normalized spacial score (nSPS) is 11.5. The molecule has 4 nitrogen and oxygen atoms in total. The second kappa shape index (κ2) is 6.40. The predicted octanol–water partition coefficient (Wildman–Crippen LogP) is 3.93. The minimum absolute atomic E-state index is 0.172. The van der Waals surface area contributed by atoms with Gasteiger partial charge in [0.1, 0.15) is 5.75 Å². The van der Waals surface area contributed by atoms with Crippen LogP contribution >= 0.6 is 0 Å². The van der Waals surface area contributed by atoms with Gasteiger partial charge in [-0.25, -0.2) is 8.42 Å². The molecule has 0 unspecified atom stereocenters. The van der Waals surface area contributed by atoms with Crippen LogP contribution in [0.2, 0.25) is 0 Å². The van der Waals surface area contributed by atoms with Gasteiger partial charge in [0.15, 0.2) is 0 Å². The van der Waals surface area contributed by atoms with Crippen molar-refractivity contribution in [3.8, 4) is 5.75 Å². The molecule has 2 aromatic carbocycles. The van der Waals surface area contributed by atoms with E-state index in [0.29, 0.717) is 11.4 Å². The van der Waals surface area contributed by atoms with Gasteiger partial charge in [0.05, 0.1) is 17.7 Å². The maximum atomic E-state index is 12.5. The summed E-state index contributed by atoms with van der Waals surface area (Å²) in [5.41, 5.74) is 2.50. The molecule has 22 heavy (non-hydrogen) atoms. The van der Waals surface area contributed by atoms with E-state index in [9.17, 15) is 8.42 Å². The van der Waals surface area contributed by atoms with Crippen molar-refractivity contribution in [3.05, 3.63) is 53.6 Å². The predicted molar refractivity (Wildman–Crippen MR) is 89.1 cm³/mol. The van der Waals surface area contributed by atoms with Crippen molar-refractivity contribution in [2.24, 2.45) is 0 Å². The van der Waals surface area contributed by atoms with Gasteiger partial charge < -0.3 is 4.74 Å². The quantitative estimate of drug-likeness (QED) is 0.908. The smallest absolute Gasteiger partial charge is 0.261 e. The number of benzene rings is 2. The van der Waals surface area contributed by atoms with Crippen LogP contribution in [0.3, 0.4) is 0 Å². The van der Waals surface area contributed by atoms with Crippen molar-refractivity contribution in [1.29, 1.82) is 0 Å². The lowest BCUT2D eigenvalue weighted by molar-refractivity contribution is 0.414. The first kappa shape index (κ1) is 16.4. The van der Waals surface area contributed by atoms with Gasteiger partial charge >= 0.3 is 0 Å². The fraction of sp³-hybridized carbons (Fsp3) is 0.294. The molecular formula is C17H21NO3S. The van der Waals surface area contributed by atoms with Crippen LogP contribution in [-0.4, -0.2) is 15.5 Å². The first-order valence-electron chi connectivity index (χ1n) is 7.11. The van der Waals surface area contributed by atoms with Crippen LogP contribution in [0.5, 0.6) is 5.75 Å². The number of ether oxygens (including phenoxy) is 1. The maximum absolute atomic E-state index is 12.5. The van der Waals surface area contributed by atoms with Gasteiger partial charge in [-0.15, -0.1) is 0 Å². The first-order valence-corrected chi connectivity index (χ1v) is 8.59. The lowest BCUT2D eigenvalue weighted by Crippen LogP contribution is -2.14. The Bertz CT molecular complexity index is 750. The molecule has 5 heteroatoms. The van der Waals surface area contributed by atoms with E-state index in [0.717, 1.165) is 11.1 Å². The SMILES string of the molecule is COc1ccc(NS(=O)(=O)c2ccc(C)cc2)c(C(C)C)c1. The Morgan fingerprint density at radius 2 is 1.68 bits per heavy atom. The van der Waals surface area contributed by atoms with Crippen molar-refractivity contribution in [2.45, 2.75) is 31.6 Å². The topological polar surface area (TPSA) is 55.4 Å². The van der Waals surface area contributed by atoms with Crippen LogP contribution in [0, 0.1) is 6.92 Å². The van der Waals surface area contributed by atoms with Gasteiger partial charge in [-0.2, -0.15) is 0 Å². The zero-order valence-corrected chi connectivity index (χ0v) is 14.1. The molecule has 2 aromatic rings. The summed E-state index contributed by atoms with van der Waals surface area (Å²) < 4.78 is 32.9. The van der Waals surface area contributed by atoms with Crippen LogP contribution in [0.25, 0.3) is 0 Å². The number of hydrogen-bond acceptors (Lipinski definition) is 3. The number of rotatable bonds is 5. The van der Waals surface area contributed by atoms with E-state index in [4.69, 9.17) is 4.74 Å². The van der Waals surface area contributed by atoms with Crippen LogP contribution in [-0.2, 0) is 10.0 Å². The lowest BCUT2D eigenvalue weighted by atomic mass is 10.0. The van der Waals surface area contributed by atoms with Gasteiger partial charge in [0, 0.05) is 0 Å². The number of aryl methyl sites for hydroxylation is 1. The summed E-state index contributed by atoms with van der Waals surface area (Å²) in [6, 6.07) is 12.1. The molecule has 0 aliphatic rings. The average molecular weight is 319 g/mol. The van der Waals surface area contributed by atoms with Crippen LogP contribution in [0.4, 0.5) is 5.69 Å². The van der Waals surface area contributed by atoms with Crippen molar-refractivity contribution in [1.82, 2.24) is 0 Å². The molecule has 0 aliphatic heterocycles. The Morgan fingerprint density at radius 3 is 2.23 bits per heavy atom. The Labute approximate surface area is 132 Å². The second-order valence-corrected chi connectivity index (χ2v) is 7.21. The second-order valence-electron chi connectivity index (χ2n) is 5.53. The van der Waals surface area contributed by atoms with Gasteiger partial charge in [-0.3, -0.25) is 4.72 Å². The van der Waals surface area contributed by atoms with E-state index >= 15 is 0 Å². The molecule has 0 aliphatic carbocycles. The molecule has 0 amide bonds. The number of anilines is 1. The highest BCUT2D eigenvalue weighted by Crippen LogP contribution is 2.30. The fourth-order valence-electron chi connectivity index (χ4n) is 2.16. The fourth-order valence-corrected chi connectivity index (χ4v) is 3.25. The van der Waals surface area contributed by atoms with Crippen molar-refractivity contribution in [3.63, 3.8) is 0 Å². The third-order valence-electron chi connectivity index (χ3n) is 3.46. The Morgan fingerprint density at radius 1 is 1.05 bits per heavy atom. The summed E-state index contributed by atoms with van der Waals surface area (Å²) in [4.78, 5) is 0.253. The van der Waals surface area contributed by atoms with Gasteiger partial charge in [0.25, 0.3) is 10.0 Å². The molecule has 1 N–H and O–H groups in total. The molecule has 0 bridgehead atoms. The summed E-state index contributed by atoms with van der Waals surface area (Å²) in [5.74, 6) is 0.882. The third-order valence-corrected chi connectivity index (χ3v) is 4.84. The van der Waals surface area contributed by atoms with Crippen LogP contribution in [0.1, 0.15) is 30.9 Å². The van der Waals surface area contributed by atoms with Crippen molar-refractivity contribution >= 4 is 15.7 Å². The summed E-state index contributed by atoms with van der Waals surface area (Å²) in [6.45, 7) is 5.95. The van der Waals surface area contributed by atoms with Crippen molar-refractivity contribution < 1.29 is 13.2 Å². The highest BCUT2D eigenvalue weighted by molar-refractivity contribution is 7.92. The first-order chi connectivity index (χ1) is 10.3. The largest absolute Gasteiger partial charge is 0.497 e. The van der Waals surface area contributed by atoms with E-state index in [2.05, 4.69) is 4.72 Å². The van der Waals surface area contributed by atoms with Crippen LogP contribution in [0.15, 0.2) is 47.4 Å². The number of hydrogen-bond donors (Lipinski definition) is 1. The molecule has 0 saturated heterocycles. The van der Waals surface area contributed by atoms with Gasteiger partial charge in [0.2, 0.25) is 0 Å². The standard InChI is InChI=1S/C17H21NO3S/c1-12(2)16-11-14(21-4)7-10-17(16)18-22(19,20)15-8-5-13(3)6-9-15/h5-12,18H,1-4H3. The van der Waals surface area contributed by atoms with Crippen LogP contribution < -0.4 is 9.46 Å². The molecule has 0 radical (unpaired) electrons. The molecular weight excluding hydrogens is 298 g/mol. The van der Waals surface area contributed by atoms with Crippen molar-refractivity contribution in [2.75, 3.05) is 11.8 Å². The van der Waals surface area contributed by atoms with E-state index < -0.39 is 10.0 Å². The third kappa shape index (κ3) is 3.60. The van der Waals surface area contributed by atoms with Gasteiger partial charge in [-0.05, 0) is 48.7 Å². The van der Waals surface area contributed by atoms with E-state index in [1.807, 2.05) is 26.8 Å². The lowest BCUT2D eigenvalue weighted by Gasteiger charge is -2.16. The monoisotopic (exact) mass is 319 g/mol. The summed E-state index contributed by atoms with van der Waals surface area (Å²) in [7, 11) is -2.00. The number of sulfonamides is 1. The minimum atomic E-state index is -3.60. The van der Waals surface area contributed by atoms with E-state index in [1.165, 1.54) is 0 Å². The number of nitrogens with one attached hydrogen (secondary N) is 1. The zero-order chi connectivity index (χ0) is 16.3. The molecule has 0 saturated carbocycles. The maximum Gasteiger partial charge on any atom is 0.261 e. The summed E-state index contributed by atoms with van der Waals surface area (Å²) in [6.07, 6.45) is 0. The summed E-state index contributed by atoms with van der Waals surface area (Å²) in [5, 5.41) is 0. The number of methoxy groups -OCH3 is 1. The molecule has 0 fully saturated rings. The molecule has 0 aromatic heterocycles. The Kier molecular flexibility index (Phi) is 4.76. The van der Waals surface area contributed by atoms with E-state index in [1.54, 1.807) is 43.5 Å². The summed E-state index contributed by atoms with van der Waals surface area (Å²) >= 11 is 0. The Hall–Kier alpha value is -2.01. The highest BCUT2D eigenvalue weighted by atomic mass is 32.2. The molecule has 0 spiro atoms. The average Bonchev–Trinajstić information content (AvgIpc) is 2.47. The van der Waals surface area contributed by atoms with E-state index in [-0.39, 0.29) is 10.8 Å². The molecule has 0 heterocycles. The highest BCUT2D eigenvalue weighted by Gasteiger charge is 2.17. The Balaban J connectivity index is 2.39. The zero-order valence-electron chi connectivity index (χ0n) is 13.3. The molecule has 118 valence electrons. The van der Waals surface area contributed by atoms with Gasteiger partial charge in [-0.1, -0.05) is 31.5 Å². The molecule has 2 rings (SSSR count). The molecule has 0 atom stereocenters.